The zero-order valence-corrected chi connectivity index (χ0v) is 21.4. The Bertz CT molecular complexity index is 2080. The monoisotopic (exact) mass is 502 g/mol. The molecule has 3 aromatic carbocycles. The van der Waals surface area contributed by atoms with Gasteiger partial charge in [0.25, 0.3) is 0 Å². The van der Waals surface area contributed by atoms with E-state index >= 15 is 0 Å². The van der Waals surface area contributed by atoms with Crippen molar-refractivity contribution in [3.05, 3.63) is 143 Å². The maximum absolute atomic E-state index is 4.73. The van der Waals surface area contributed by atoms with Gasteiger partial charge in [-0.15, -0.1) is 0 Å². The number of rotatable bonds is 3. The van der Waals surface area contributed by atoms with E-state index in [0.29, 0.717) is 5.82 Å². The minimum Gasteiger partial charge on any atom is -0.317 e. The number of fused-ring (bicyclic) bond motifs is 4. The van der Waals surface area contributed by atoms with Crippen molar-refractivity contribution < 1.29 is 0 Å². The van der Waals surface area contributed by atoms with E-state index in [9.17, 15) is 0 Å². The molecule has 0 bridgehead atoms. The summed E-state index contributed by atoms with van der Waals surface area (Å²) in [6.45, 7) is 4.46. The predicted molar refractivity (Wildman–Crippen MR) is 160 cm³/mol. The van der Waals surface area contributed by atoms with Crippen LogP contribution in [0.25, 0.3) is 58.0 Å². The summed E-state index contributed by atoms with van der Waals surface area (Å²) in [6.07, 6.45) is 15.7. The zero-order chi connectivity index (χ0) is 26.2. The largest absolute Gasteiger partial charge is 0.317 e. The number of para-hydroxylation sites is 2. The zero-order valence-electron chi connectivity index (χ0n) is 21.4. The molecule has 4 heteroatoms. The van der Waals surface area contributed by atoms with Gasteiger partial charge in [-0.1, -0.05) is 85.5 Å². The fraction of sp³-hybridized carbons (Fsp3) is 0.0286. The molecular formula is C35H26N4. The molecular weight excluding hydrogens is 476 g/mol. The minimum atomic E-state index is 0.712. The van der Waals surface area contributed by atoms with E-state index in [1.54, 1.807) is 0 Å². The highest BCUT2D eigenvalue weighted by Crippen LogP contribution is 2.18. The van der Waals surface area contributed by atoms with Crippen molar-refractivity contribution in [3.63, 3.8) is 0 Å². The van der Waals surface area contributed by atoms with Crippen LogP contribution < -0.4 is 21.1 Å². The van der Waals surface area contributed by atoms with Crippen molar-refractivity contribution in [1.29, 1.82) is 0 Å². The van der Waals surface area contributed by atoms with Gasteiger partial charge in [-0.3, -0.25) is 0 Å². The molecule has 0 unspecified atom stereocenters. The molecule has 0 amide bonds. The molecule has 6 aromatic rings. The van der Waals surface area contributed by atoms with Crippen LogP contribution in [0.4, 0.5) is 0 Å². The number of benzene rings is 3. The summed E-state index contributed by atoms with van der Waals surface area (Å²) < 4.78 is 4.47. The molecule has 0 aliphatic heterocycles. The van der Waals surface area contributed by atoms with E-state index in [1.807, 2.05) is 48.8 Å². The Balaban J connectivity index is 1.44. The second-order valence-corrected chi connectivity index (χ2v) is 9.65. The molecule has 1 aliphatic rings. The SMILES string of the molecule is C=C1C=c2/c(c3ccccc3n2-c2cnc(-c3ccccc3)nc2)=C\C/C=c2/ccn(-c3ccccc3)/c2=C/1. The lowest BCUT2D eigenvalue weighted by Crippen LogP contribution is -2.31. The summed E-state index contributed by atoms with van der Waals surface area (Å²) in [6, 6.07) is 31.2. The fourth-order valence-corrected chi connectivity index (χ4v) is 5.39. The van der Waals surface area contributed by atoms with Gasteiger partial charge in [-0.2, -0.15) is 0 Å². The van der Waals surface area contributed by atoms with Crippen LogP contribution in [0, 0.1) is 0 Å². The summed E-state index contributed by atoms with van der Waals surface area (Å²) in [5.74, 6) is 0.712. The number of hydrogen-bond donors (Lipinski definition) is 0. The molecule has 4 nitrogen and oxygen atoms in total. The van der Waals surface area contributed by atoms with Gasteiger partial charge in [0.2, 0.25) is 0 Å². The van der Waals surface area contributed by atoms with Crippen molar-refractivity contribution in [3.8, 4) is 22.8 Å². The molecule has 3 heterocycles. The standard InChI is InChI=1S/C35H26N4/c1-25-21-33-26(19-20-38(33)28-14-6-3-7-15-28)13-10-17-31-30-16-8-9-18-32(30)39(34(31)22-25)29-23-36-35(37-24-29)27-11-4-2-5-12-27/h2-9,11-24H,1,10H2/b26-13-,31-17-,33-21+,34-22?. The summed E-state index contributed by atoms with van der Waals surface area (Å²) in [4.78, 5) is 9.45. The van der Waals surface area contributed by atoms with Crippen LogP contribution in [-0.4, -0.2) is 19.1 Å². The highest BCUT2D eigenvalue weighted by Gasteiger charge is 2.11. The van der Waals surface area contributed by atoms with E-state index in [1.165, 1.54) is 15.8 Å². The van der Waals surface area contributed by atoms with E-state index in [4.69, 9.17) is 9.97 Å². The van der Waals surface area contributed by atoms with Gasteiger partial charge in [0, 0.05) is 28.1 Å². The lowest BCUT2D eigenvalue weighted by molar-refractivity contribution is 1.02. The lowest BCUT2D eigenvalue weighted by atomic mass is 10.1. The van der Waals surface area contributed by atoms with Crippen LogP contribution in [0.3, 0.4) is 0 Å². The molecule has 0 saturated heterocycles. The molecule has 3 aromatic heterocycles. The number of allylic oxidation sites excluding steroid dienone is 1. The molecule has 0 spiro atoms. The number of aromatic nitrogens is 4. The Hall–Kier alpha value is -5.22. The van der Waals surface area contributed by atoms with Crippen LogP contribution >= 0.6 is 0 Å². The first-order chi connectivity index (χ1) is 19.3. The summed E-state index contributed by atoms with van der Waals surface area (Å²) >= 11 is 0. The first kappa shape index (κ1) is 22.9. The summed E-state index contributed by atoms with van der Waals surface area (Å²) in [7, 11) is 0. The lowest BCUT2D eigenvalue weighted by Gasteiger charge is -2.08. The molecule has 7 rings (SSSR count). The fourth-order valence-electron chi connectivity index (χ4n) is 5.39. The van der Waals surface area contributed by atoms with Crippen LogP contribution in [0.2, 0.25) is 0 Å². The molecule has 0 radical (unpaired) electrons. The third-order valence-electron chi connectivity index (χ3n) is 7.18. The normalized spacial score (nSPS) is 15.5. The van der Waals surface area contributed by atoms with Crippen LogP contribution in [0.5, 0.6) is 0 Å². The smallest absolute Gasteiger partial charge is 0.159 e. The van der Waals surface area contributed by atoms with Gasteiger partial charge in [0.15, 0.2) is 5.82 Å². The Morgan fingerprint density at radius 2 is 1.36 bits per heavy atom. The van der Waals surface area contributed by atoms with E-state index in [2.05, 4.69) is 101 Å². The quantitative estimate of drug-likeness (QED) is 0.353. The van der Waals surface area contributed by atoms with Crippen molar-refractivity contribution in [2.45, 2.75) is 6.42 Å². The third kappa shape index (κ3) is 4.12. The second kappa shape index (κ2) is 9.58. The first-order valence-electron chi connectivity index (χ1n) is 13.1. The highest BCUT2D eigenvalue weighted by atomic mass is 15.0. The Morgan fingerprint density at radius 3 is 2.15 bits per heavy atom. The molecule has 1 aliphatic carbocycles. The predicted octanol–water partition coefficient (Wildman–Crippen LogP) is 4.66. The molecule has 186 valence electrons. The van der Waals surface area contributed by atoms with Gasteiger partial charge in [0.1, 0.15) is 0 Å². The van der Waals surface area contributed by atoms with Gasteiger partial charge in [-0.05, 0) is 53.6 Å². The first-order valence-corrected chi connectivity index (χ1v) is 13.1. The van der Waals surface area contributed by atoms with Crippen molar-refractivity contribution in [1.82, 2.24) is 19.1 Å². The molecule has 0 N–H and O–H groups in total. The van der Waals surface area contributed by atoms with Crippen molar-refractivity contribution >= 4 is 35.2 Å². The van der Waals surface area contributed by atoms with Crippen LogP contribution in [0.1, 0.15) is 6.42 Å². The highest BCUT2D eigenvalue weighted by molar-refractivity contribution is 5.85. The third-order valence-corrected chi connectivity index (χ3v) is 7.18. The molecule has 0 fully saturated rings. The van der Waals surface area contributed by atoms with Gasteiger partial charge < -0.3 is 9.13 Å². The minimum absolute atomic E-state index is 0.712. The van der Waals surface area contributed by atoms with E-state index in [0.717, 1.165) is 45.1 Å². The van der Waals surface area contributed by atoms with Crippen molar-refractivity contribution in [2.75, 3.05) is 0 Å². The maximum atomic E-state index is 4.73. The van der Waals surface area contributed by atoms with Gasteiger partial charge in [0.05, 0.1) is 34.3 Å². The molecule has 0 saturated carbocycles. The molecule has 0 atom stereocenters. The van der Waals surface area contributed by atoms with Crippen LogP contribution in [-0.2, 0) is 0 Å². The average Bonchev–Trinajstić information content (AvgIpc) is 3.52. The maximum Gasteiger partial charge on any atom is 0.159 e. The van der Waals surface area contributed by atoms with E-state index < -0.39 is 0 Å². The van der Waals surface area contributed by atoms with Gasteiger partial charge in [-0.25, -0.2) is 9.97 Å². The van der Waals surface area contributed by atoms with E-state index in [-0.39, 0.29) is 0 Å². The van der Waals surface area contributed by atoms with Crippen molar-refractivity contribution in [2.24, 2.45) is 0 Å². The Labute approximate surface area is 226 Å². The summed E-state index contributed by atoms with van der Waals surface area (Å²) in [5.41, 5.74) is 5.08. The second-order valence-electron chi connectivity index (χ2n) is 9.65. The Morgan fingerprint density at radius 1 is 0.667 bits per heavy atom. The number of nitrogens with zero attached hydrogens (tertiary/aromatic N) is 4. The summed E-state index contributed by atoms with van der Waals surface area (Å²) in [5, 5.41) is 5.77. The molecule has 39 heavy (non-hydrogen) atoms. The Kier molecular flexibility index (Phi) is 5.64. The van der Waals surface area contributed by atoms with Crippen LogP contribution in [0.15, 0.2) is 122 Å². The average molecular weight is 503 g/mol. The topological polar surface area (TPSA) is 35.6 Å². The van der Waals surface area contributed by atoms with Gasteiger partial charge >= 0.3 is 0 Å². The number of hydrogen-bond acceptors (Lipinski definition) is 2.